The van der Waals surface area contributed by atoms with Crippen LogP contribution in [0.2, 0.25) is 5.02 Å². The molecule has 2 heterocycles. The number of carbonyl (C=O) groups excluding carboxylic acids is 2. The molecule has 0 fully saturated rings. The number of halogens is 1. The number of nitrogens with one attached hydrogen (secondary N) is 1. The van der Waals surface area contributed by atoms with E-state index >= 15 is 0 Å². The molecular weight excluding hydrogens is 530 g/mol. The van der Waals surface area contributed by atoms with Gasteiger partial charge in [0.1, 0.15) is 10.8 Å². The van der Waals surface area contributed by atoms with Crippen LogP contribution in [0.1, 0.15) is 58.6 Å². The number of benzene rings is 1. The Morgan fingerprint density at radius 3 is 2.92 bits per heavy atom. The summed E-state index contributed by atoms with van der Waals surface area (Å²) in [5.41, 5.74) is 8.03. The molecule has 3 N–H and O–H groups in total. The summed E-state index contributed by atoms with van der Waals surface area (Å²) < 4.78 is 7.95. The number of aryl methyl sites for hydroxylation is 1. The number of nitrogens with two attached hydrogens (primary N) is 1. The van der Waals surface area contributed by atoms with Crippen LogP contribution in [0.5, 0.6) is 5.75 Å². The molecule has 2 unspecified atom stereocenters. The highest BCUT2D eigenvalue weighted by Gasteiger charge is 2.27. The summed E-state index contributed by atoms with van der Waals surface area (Å²) in [4.78, 5) is 26.2. The first-order valence-electron chi connectivity index (χ1n) is 12.0. The maximum Gasteiger partial charge on any atom is 0.251 e. The number of ether oxygens (including phenoxy) is 1. The molecule has 0 bridgehead atoms. The summed E-state index contributed by atoms with van der Waals surface area (Å²) in [6.45, 7) is 10.3. The molecule has 0 spiro atoms. The third kappa shape index (κ3) is 6.19. The predicted octanol–water partition coefficient (Wildman–Crippen LogP) is 5.58. The number of amides is 2. The van der Waals surface area contributed by atoms with Gasteiger partial charge in [0, 0.05) is 16.4 Å². The third-order valence-electron chi connectivity index (χ3n) is 6.21. The lowest BCUT2D eigenvalue weighted by Gasteiger charge is -2.18. The zero-order valence-electron chi connectivity index (χ0n) is 21.0. The fourth-order valence-electron chi connectivity index (χ4n) is 4.35. The van der Waals surface area contributed by atoms with Crippen LogP contribution in [0.3, 0.4) is 0 Å². The van der Waals surface area contributed by atoms with Crippen LogP contribution in [-0.4, -0.2) is 32.3 Å². The lowest BCUT2D eigenvalue weighted by atomic mass is 9.88. The van der Waals surface area contributed by atoms with Gasteiger partial charge in [-0.3, -0.25) is 14.2 Å². The molecule has 0 aliphatic heterocycles. The van der Waals surface area contributed by atoms with Gasteiger partial charge in [-0.2, -0.15) is 0 Å². The molecule has 1 aliphatic rings. The summed E-state index contributed by atoms with van der Waals surface area (Å²) in [5, 5.41) is 13.3. The van der Waals surface area contributed by atoms with Gasteiger partial charge in [0.15, 0.2) is 17.1 Å². The minimum Gasteiger partial charge on any atom is -0.483 e. The van der Waals surface area contributed by atoms with Crippen molar-refractivity contribution in [1.29, 1.82) is 0 Å². The van der Waals surface area contributed by atoms with Gasteiger partial charge in [0.05, 0.1) is 11.3 Å². The Hall–Kier alpha value is -2.82. The van der Waals surface area contributed by atoms with Crippen LogP contribution >= 0.6 is 34.7 Å². The van der Waals surface area contributed by atoms with Crippen molar-refractivity contribution in [2.24, 2.45) is 11.7 Å². The molecule has 2 aromatic heterocycles. The highest BCUT2D eigenvalue weighted by molar-refractivity contribution is 7.99. The number of allylic oxidation sites excluding steroid dienone is 1. The summed E-state index contributed by atoms with van der Waals surface area (Å²) in [5.74, 6) is 1.19. The lowest BCUT2D eigenvalue weighted by Crippen LogP contribution is -2.20. The van der Waals surface area contributed by atoms with Crippen molar-refractivity contribution < 1.29 is 14.3 Å². The summed E-state index contributed by atoms with van der Waals surface area (Å²) in [6.07, 6.45) is 4.06. The smallest absolute Gasteiger partial charge is 0.251 e. The van der Waals surface area contributed by atoms with Gasteiger partial charge < -0.3 is 15.8 Å². The number of anilines is 1. The number of aromatic nitrogens is 3. The van der Waals surface area contributed by atoms with Gasteiger partial charge in [-0.25, -0.2) is 0 Å². The monoisotopic (exact) mass is 559 g/mol. The van der Waals surface area contributed by atoms with Crippen LogP contribution < -0.4 is 15.8 Å². The SMILES string of the molecule is C=CCn1c(SCC(=O)Nc2sc3c(c2C(N)=O)CCC(C)C3)nnc1C(C)Oc1ccc(Cl)c(C)c1. The number of primary amides is 1. The third-order valence-corrected chi connectivity index (χ3v) is 8.77. The van der Waals surface area contributed by atoms with Crippen molar-refractivity contribution in [2.45, 2.75) is 57.8 Å². The van der Waals surface area contributed by atoms with Crippen molar-refractivity contribution in [2.75, 3.05) is 11.1 Å². The first-order chi connectivity index (χ1) is 17.7. The van der Waals surface area contributed by atoms with Crippen molar-refractivity contribution in [3.05, 3.63) is 63.3 Å². The van der Waals surface area contributed by atoms with E-state index in [-0.39, 0.29) is 11.7 Å². The highest BCUT2D eigenvalue weighted by atomic mass is 35.5. The molecular formula is C26H30ClN5O3S2. The molecule has 196 valence electrons. The Morgan fingerprint density at radius 1 is 1.43 bits per heavy atom. The molecule has 11 heteroatoms. The minimum atomic E-state index is -0.504. The maximum atomic E-state index is 12.9. The minimum absolute atomic E-state index is 0.0953. The summed E-state index contributed by atoms with van der Waals surface area (Å²) >= 11 is 8.83. The number of nitrogens with zero attached hydrogens (tertiary/aromatic N) is 3. The molecule has 0 radical (unpaired) electrons. The molecule has 0 saturated carbocycles. The molecule has 2 atom stereocenters. The van der Waals surface area contributed by atoms with Gasteiger partial charge >= 0.3 is 0 Å². The predicted molar refractivity (Wildman–Crippen MR) is 149 cm³/mol. The van der Waals surface area contributed by atoms with Gasteiger partial charge in [-0.1, -0.05) is 36.4 Å². The van der Waals surface area contributed by atoms with E-state index in [2.05, 4.69) is 29.0 Å². The Bertz CT molecular complexity index is 1340. The fraction of sp³-hybridized carbons (Fsp3) is 0.385. The van der Waals surface area contributed by atoms with Crippen molar-refractivity contribution in [3.63, 3.8) is 0 Å². The zero-order valence-corrected chi connectivity index (χ0v) is 23.4. The largest absolute Gasteiger partial charge is 0.483 e. The van der Waals surface area contributed by atoms with E-state index in [1.54, 1.807) is 12.1 Å². The molecule has 0 saturated heterocycles. The van der Waals surface area contributed by atoms with E-state index in [0.29, 0.717) is 44.8 Å². The summed E-state index contributed by atoms with van der Waals surface area (Å²) in [6, 6.07) is 5.47. The van der Waals surface area contributed by atoms with Crippen LogP contribution in [0.25, 0.3) is 0 Å². The highest BCUT2D eigenvalue weighted by Crippen LogP contribution is 2.39. The zero-order chi connectivity index (χ0) is 26.7. The van der Waals surface area contributed by atoms with Gasteiger partial charge in [0.2, 0.25) is 5.91 Å². The normalized spacial score (nSPS) is 15.6. The Kier molecular flexibility index (Phi) is 8.61. The fourth-order valence-corrected chi connectivity index (χ4v) is 6.65. The van der Waals surface area contributed by atoms with Gasteiger partial charge in [-0.15, -0.1) is 28.1 Å². The molecule has 3 aromatic rings. The van der Waals surface area contributed by atoms with Gasteiger partial charge in [-0.05, 0) is 68.4 Å². The Balaban J connectivity index is 1.45. The van der Waals surface area contributed by atoms with Crippen LogP contribution in [-0.2, 0) is 24.2 Å². The molecule has 4 rings (SSSR count). The van der Waals surface area contributed by atoms with E-state index in [1.165, 1.54) is 23.1 Å². The van der Waals surface area contributed by atoms with E-state index < -0.39 is 12.0 Å². The molecule has 1 aromatic carbocycles. The molecule has 37 heavy (non-hydrogen) atoms. The first kappa shape index (κ1) is 27.2. The van der Waals surface area contributed by atoms with E-state index in [0.717, 1.165) is 35.3 Å². The second-order valence-corrected chi connectivity index (χ2v) is 11.6. The number of thiophene rings is 1. The number of hydrogen-bond donors (Lipinski definition) is 2. The number of hydrogen-bond acceptors (Lipinski definition) is 7. The topological polar surface area (TPSA) is 112 Å². The standard InChI is InChI=1S/C26H30ClN5O3S2/c1-5-10-32-24(16(4)35-17-7-9-19(27)15(3)12-17)30-31-26(32)36-13-21(33)29-25-22(23(28)34)18-8-6-14(2)11-20(18)37-25/h5,7,9,12,14,16H,1,6,8,10-11,13H2,2-4H3,(H2,28,34)(H,29,33). The number of rotatable bonds is 10. The second-order valence-electron chi connectivity index (χ2n) is 9.17. The Morgan fingerprint density at radius 2 is 2.22 bits per heavy atom. The second kappa shape index (κ2) is 11.7. The van der Waals surface area contributed by atoms with Gasteiger partial charge in [0.25, 0.3) is 5.91 Å². The molecule has 2 amide bonds. The van der Waals surface area contributed by atoms with Crippen LogP contribution in [0.15, 0.2) is 36.0 Å². The lowest BCUT2D eigenvalue weighted by molar-refractivity contribution is -0.113. The van der Waals surface area contributed by atoms with Crippen molar-refractivity contribution in [3.8, 4) is 5.75 Å². The maximum absolute atomic E-state index is 12.9. The molecule has 1 aliphatic carbocycles. The molecule has 8 nitrogen and oxygen atoms in total. The van der Waals surface area contributed by atoms with Crippen LogP contribution in [0, 0.1) is 12.8 Å². The first-order valence-corrected chi connectivity index (χ1v) is 14.2. The van der Waals surface area contributed by atoms with E-state index in [4.69, 9.17) is 22.1 Å². The average molecular weight is 560 g/mol. The van der Waals surface area contributed by atoms with Crippen molar-refractivity contribution >= 4 is 51.5 Å². The van der Waals surface area contributed by atoms with Crippen molar-refractivity contribution in [1.82, 2.24) is 14.8 Å². The number of carbonyl (C=O) groups is 2. The number of thioether (sulfide) groups is 1. The van der Waals surface area contributed by atoms with E-state index in [9.17, 15) is 9.59 Å². The summed E-state index contributed by atoms with van der Waals surface area (Å²) in [7, 11) is 0. The van der Waals surface area contributed by atoms with Crippen LogP contribution in [0.4, 0.5) is 5.00 Å². The quantitative estimate of drug-likeness (QED) is 0.248. The van der Waals surface area contributed by atoms with E-state index in [1.807, 2.05) is 30.5 Å². The number of fused-ring (bicyclic) bond motifs is 1. The average Bonchev–Trinajstić information content (AvgIpc) is 3.40. The Labute approximate surface area is 229 Å².